The highest BCUT2D eigenvalue weighted by atomic mass is 35.5. The molecule has 1 unspecified atom stereocenters. The van der Waals surface area contributed by atoms with Crippen LogP contribution in [0, 0.1) is 0 Å². The van der Waals surface area contributed by atoms with E-state index in [2.05, 4.69) is 50.5 Å². The highest BCUT2D eigenvalue weighted by Crippen LogP contribution is 2.28. The Morgan fingerprint density at radius 1 is 1.11 bits per heavy atom. The molecule has 1 atom stereocenters. The van der Waals surface area contributed by atoms with Crippen LogP contribution in [0.2, 0.25) is 5.22 Å². The first-order chi connectivity index (χ1) is 8.91. The SMILES string of the molecule is CC(C)(C)c1ccc(C(NN)c2ccc(Cl)o2)cc1. The Bertz CT molecular complexity index is 540. The summed E-state index contributed by atoms with van der Waals surface area (Å²) in [5, 5.41) is 0.363. The van der Waals surface area contributed by atoms with Crippen molar-refractivity contribution in [2.45, 2.75) is 32.2 Å². The summed E-state index contributed by atoms with van der Waals surface area (Å²) in [5.41, 5.74) is 5.22. The molecule has 0 saturated carbocycles. The lowest BCUT2D eigenvalue weighted by Gasteiger charge is -2.20. The van der Waals surface area contributed by atoms with Gasteiger partial charge in [-0.25, -0.2) is 5.43 Å². The predicted octanol–water partition coefficient (Wildman–Crippen LogP) is 3.78. The van der Waals surface area contributed by atoms with Gasteiger partial charge in [-0.15, -0.1) is 0 Å². The first kappa shape index (κ1) is 14.1. The third-order valence-electron chi connectivity index (χ3n) is 3.16. The zero-order chi connectivity index (χ0) is 14.0. The monoisotopic (exact) mass is 278 g/mol. The molecule has 0 aliphatic carbocycles. The average Bonchev–Trinajstić information content (AvgIpc) is 2.76. The Morgan fingerprint density at radius 2 is 1.74 bits per heavy atom. The Balaban J connectivity index is 2.30. The van der Waals surface area contributed by atoms with Crippen molar-refractivity contribution in [1.82, 2.24) is 5.43 Å². The van der Waals surface area contributed by atoms with E-state index in [4.69, 9.17) is 21.9 Å². The quantitative estimate of drug-likeness (QED) is 0.663. The van der Waals surface area contributed by atoms with E-state index in [1.165, 1.54) is 5.56 Å². The van der Waals surface area contributed by atoms with Crippen LogP contribution in [0.3, 0.4) is 0 Å². The largest absolute Gasteiger partial charge is 0.448 e. The van der Waals surface area contributed by atoms with Gasteiger partial charge in [0.2, 0.25) is 0 Å². The van der Waals surface area contributed by atoms with E-state index in [9.17, 15) is 0 Å². The van der Waals surface area contributed by atoms with E-state index in [-0.39, 0.29) is 11.5 Å². The van der Waals surface area contributed by atoms with Crippen LogP contribution in [-0.2, 0) is 5.41 Å². The molecule has 2 aromatic rings. The molecule has 1 heterocycles. The number of rotatable bonds is 3. The van der Waals surface area contributed by atoms with Gasteiger partial charge in [0.05, 0.1) is 0 Å². The molecule has 1 aromatic carbocycles. The molecule has 0 aliphatic heterocycles. The number of hydrogen-bond donors (Lipinski definition) is 2. The van der Waals surface area contributed by atoms with Crippen LogP contribution in [0.5, 0.6) is 0 Å². The molecule has 19 heavy (non-hydrogen) atoms. The van der Waals surface area contributed by atoms with Gasteiger partial charge in [0.15, 0.2) is 5.22 Å². The fraction of sp³-hybridized carbons (Fsp3) is 0.333. The molecule has 0 aliphatic rings. The minimum absolute atomic E-state index is 0.137. The van der Waals surface area contributed by atoms with Gasteiger partial charge in [0.25, 0.3) is 0 Å². The first-order valence-electron chi connectivity index (χ1n) is 6.23. The van der Waals surface area contributed by atoms with Crippen molar-refractivity contribution < 1.29 is 4.42 Å². The number of nitrogens with two attached hydrogens (primary N) is 1. The van der Waals surface area contributed by atoms with E-state index in [0.29, 0.717) is 11.0 Å². The standard InChI is InChI=1S/C15H19ClN2O/c1-15(2,3)11-6-4-10(5-7-11)14(18-17)12-8-9-13(16)19-12/h4-9,14,18H,17H2,1-3H3. The first-order valence-corrected chi connectivity index (χ1v) is 6.61. The number of furan rings is 1. The van der Waals surface area contributed by atoms with Crippen LogP contribution in [0.4, 0.5) is 0 Å². The maximum Gasteiger partial charge on any atom is 0.193 e. The van der Waals surface area contributed by atoms with E-state index in [1.807, 2.05) is 6.07 Å². The number of benzene rings is 1. The van der Waals surface area contributed by atoms with E-state index in [1.54, 1.807) is 6.07 Å². The van der Waals surface area contributed by atoms with Gasteiger partial charge in [0, 0.05) is 0 Å². The van der Waals surface area contributed by atoms with Crippen molar-refractivity contribution in [3.63, 3.8) is 0 Å². The van der Waals surface area contributed by atoms with E-state index in [0.717, 1.165) is 5.56 Å². The van der Waals surface area contributed by atoms with Crippen molar-refractivity contribution in [2.75, 3.05) is 0 Å². The second-order valence-corrected chi connectivity index (χ2v) is 5.99. The molecule has 0 radical (unpaired) electrons. The molecule has 0 spiro atoms. The molecule has 4 heteroatoms. The van der Waals surface area contributed by atoms with Crippen LogP contribution in [0.1, 0.15) is 43.7 Å². The molecule has 0 saturated heterocycles. The van der Waals surface area contributed by atoms with Gasteiger partial charge in [-0.3, -0.25) is 5.84 Å². The fourth-order valence-electron chi connectivity index (χ4n) is 2.00. The smallest absolute Gasteiger partial charge is 0.193 e. The van der Waals surface area contributed by atoms with Crippen LogP contribution < -0.4 is 11.3 Å². The van der Waals surface area contributed by atoms with Crippen LogP contribution >= 0.6 is 11.6 Å². The molecule has 102 valence electrons. The lowest BCUT2D eigenvalue weighted by molar-refractivity contribution is 0.453. The Kier molecular flexibility index (Phi) is 3.99. The van der Waals surface area contributed by atoms with Crippen molar-refractivity contribution in [3.8, 4) is 0 Å². The summed E-state index contributed by atoms with van der Waals surface area (Å²) in [6.07, 6.45) is 0. The molecular formula is C15H19ClN2O. The summed E-state index contributed by atoms with van der Waals surface area (Å²) >= 11 is 5.80. The molecule has 2 rings (SSSR count). The second kappa shape index (κ2) is 5.37. The van der Waals surface area contributed by atoms with Gasteiger partial charge in [-0.05, 0) is 40.3 Å². The Hall–Kier alpha value is -1.29. The summed E-state index contributed by atoms with van der Waals surface area (Å²) in [5.74, 6) is 6.32. The number of halogens is 1. The molecular weight excluding hydrogens is 260 g/mol. The number of hydrogen-bond acceptors (Lipinski definition) is 3. The molecule has 3 nitrogen and oxygen atoms in total. The Morgan fingerprint density at radius 3 is 2.16 bits per heavy atom. The number of hydrazine groups is 1. The van der Waals surface area contributed by atoms with E-state index < -0.39 is 0 Å². The third-order valence-corrected chi connectivity index (χ3v) is 3.36. The van der Waals surface area contributed by atoms with Crippen molar-refractivity contribution in [2.24, 2.45) is 5.84 Å². The third kappa shape index (κ3) is 3.18. The lowest BCUT2D eigenvalue weighted by atomic mass is 9.86. The van der Waals surface area contributed by atoms with Crippen LogP contribution in [0.15, 0.2) is 40.8 Å². The van der Waals surface area contributed by atoms with Gasteiger partial charge in [0.1, 0.15) is 11.8 Å². The summed E-state index contributed by atoms with van der Waals surface area (Å²) in [7, 11) is 0. The summed E-state index contributed by atoms with van der Waals surface area (Å²) in [4.78, 5) is 0. The van der Waals surface area contributed by atoms with Gasteiger partial charge in [-0.1, -0.05) is 45.0 Å². The van der Waals surface area contributed by atoms with Crippen molar-refractivity contribution in [1.29, 1.82) is 0 Å². The second-order valence-electron chi connectivity index (χ2n) is 5.61. The maximum atomic E-state index is 5.80. The van der Waals surface area contributed by atoms with Gasteiger partial charge < -0.3 is 4.42 Å². The zero-order valence-electron chi connectivity index (χ0n) is 11.4. The molecule has 0 bridgehead atoms. The zero-order valence-corrected chi connectivity index (χ0v) is 12.2. The average molecular weight is 279 g/mol. The van der Waals surface area contributed by atoms with Gasteiger partial charge >= 0.3 is 0 Å². The molecule has 1 aromatic heterocycles. The Labute approximate surface area is 118 Å². The highest BCUT2D eigenvalue weighted by molar-refractivity contribution is 6.28. The van der Waals surface area contributed by atoms with Crippen LogP contribution in [-0.4, -0.2) is 0 Å². The normalized spacial score (nSPS) is 13.5. The topological polar surface area (TPSA) is 51.2 Å². The van der Waals surface area contributed by atoms with E-state index >= 15 is 0 Å². The number of nitrogens with one attached hydrogen (secondary N) is 1. The molecule has 0 amide bonds. The molecule has 3 N–H and O–H groups in total. The molecule has 0 fully saturated rings. The van der Waals surface area contributed by atoms with Crippen LogP contribution in [0.25, 0.3) is 0 Å². The minimum Gasteiger partial charge on any atom is -0.448 e. The minimum atomic E-state index is -0.193. The lowest BCUT2D eigenvalue weighted by Crippen LogP contribution is -2.28. The van der Waals surface area contributed by atoms with Gasteiger partial charge in [-0.2, -0.15) is 0 Å². The highest BCUT2D eigenvalue weighted by Gasteiger charge is 2.18. The van der Waals surface area contributed by atoms with Crippen molar-refractivity contribution >= 4 is 11.6 Å². The summed E-state index contributed by atoms with van der Waals surface area (Å²) in [6.45, 7) is 6.56. The summed E-state index contributed by atoms with van der Waals surface area (Å²) < 4.78 is 5.41. The summed E-state index contributed by atoms with van der Waals surface area (Å²) in [6, 6.07) is 11.7. The maximum absolute atomic E-state index is 5.80. The fourth-order valence-corrected chi connectivity index (χ4v) is 2.15. The van der Waals surface area contributed by atoms with Crippen molar-refractivity contribution in [3.05, 3.63) is 58.5 Å². The predicted molar refractivity (Wildman–Crippen MR) is 78.0 cm³/mol.